The van der Waals surface area contributed by atoms with Gasteiger partial charge in [-0.05, 0) is 41.8 Å². The predicted molar refractivity (Wildman–Crippen MR) is 118 cm³/mol. The van der Waals surface area contributed by atoms with E-state index in [0.29, 0.717) is 17.4 Å². The molecule has 2 heterocycles. The molecule has 30 heavy (non-hydrogen) atoms. The van der Waals surface area contributed by atoms with E-state index < -0.39 is 0 Å². The second kappa shape index (κ2) is 8.05. The van der Waals surface area contributed by atoms with Gasteiger partial charge < -0.3 is 9.47 Å². The lowest BCUT2D eigenvalue weighted by Crippen LogP contribution is -1.90. The smallest absolute Gasteiger partial charge is 0.219 e. The Balaban J connectivity index is 1.42. The van der Waals surface area contributed by atoms with Crippen molar-refractivity contribution in [2.75, 3.05) is 0 Å². The van der Waals surface area contributed by atoms with Crippen LogP contribution in [0.1, 0.15) is 0 Å². The molecule has 5 aromatic rings. The number of aromatic nitrogens is 2. The lowest BCUT2D eigenvalue weighted by atomic mass is 10.0. The molecule has 2 aromatic heterocycles. The second-order valence-electron chi connectivity index (χ2n) is 6.76. The van der Waals surface area contributed by atoms with Crippen molar-refractivity contribution < 1.29 is 9.47 Å². The highest BCUT2D eigenvalue weighted by Crippen LogP contribution is 2.32. The van der Waals surface area contributed by atoms with E-state index in [-0.39, 0.29) is 0 Å². The van der Waals surface area contributed by atoms with Gasteiger partial charge in [0.1, 0.15) is 17.2 Å². The first-order valence-electron chi connectivity index (χ1n) is 9.66. The zero-order valence-corrected chi connectivity index (χ0v) is 16.1. The molecular weight excluding hydrogens is 372 g/mol. The van der Waals surface area contributed by atoms with E-state index in [1.165, 1.54) is 0 Å². The van der Waals surface area contributed by atoms with Gasteiger partial charge in [0, 0.05) is 35.5 Å². The van der Waals surface area contributed by atoms with Crippen LogP contribution in [0.2, 0.25) is 0 Å². The highest BCUT2D eigenvalue weighted by atomic mass is 16.5. The van der Waals surface area contributed by atoms with Crippen LogP contribution in [0, 0.1) is 0 Å². The van der Waals surface area contributed by atoms with Gasteiger partial charge in [0.25, 0.3) is 0 Å². The Bertz CT molecular complexity index is 1300. The average molecular weight is 390 g/mol. The van der Waals surface area contributed by atoms with Crippen molar-refractivity contribution in [1.82, 2.24) is 9.97 Å². The van der Waals surface area contributed by atoms with Gasteiger partial charge in [0.15, 0.2) is 0 Å². The molecule has 5 rings (SSSR count). The summed E-state index contributed by atoms with van der Waals surface area (Å²) in [4.78, 5) is 8.79. The minimum absolute atomic E-state index is 0.540. The van der Waals surface area contributed by atoms with Crippen LogP contribution in [0.3, 0.4) is 0 Å². The fourth-order valence-corrected chi connectivity index (χ4v) is 3.32. The first-order chi connectivity index (χ1) is 14.8. The third kappa shape index (κ3) is 3.84. The molecule has 0 N–H and O–H groups in total. The number of benzene rings is 3. The molecule has 0 fully saturated rings. The molecular formula is C26H18N2O2. The highest BCUT2D eigenvalue weighted by molar-refractivity contribution is 5.94. The van der Waals surface area contributed by atoms with Crippen molar-refractivity contribution in [2.24, 2.45) is 0 Å². The van der Waals surface area contributed by atoms with Crippen LogP contribution < -0.4 is 9.47 Å². The van der Waals surface area contributed by atoms with Gasteiger partial charge in [-0.25, -0.2) is 4.98 Å². The molecule has 4 nitrogen and oxygen atoms in total. The highest BCUT2D eigenvalue weighted by Gasteiger charge is 2.07. The van der Waals surface area contributed by atoms with Crippen molar-refractivity contribution in [2.45, 2.75) is 0 Å². The van der Waals surface area contributed by atoms with Crippen LogP contribution in [0.25, 0.3) is 22.0 Å². The minimum Gasteiger partial charge on any atom is -0.457 e. The molecule has 0 saturated carbocycles. The maximum absolute atomic E-state index is 6.10. The summed E-state index contributed by atoms with van der Waals surface area (Å²) in [5, 5.41) is 2.27. The molecule has 0 unspecified atom stereocenters. The summed E-state index contributed by atoms with van der Waals surface area (Å²) in [7, 11) is 0. The molecule has 0 aliphatic rings. The number of pyridine rings is 2. The maximum atomic E-state index is 6.10. The van der Waals surface area contributed by atoms with Gasteiger partial charge >= 0.3 is 0 Å². The zero-order valence-electron chi connectivity index (χ0n) is 16.1. The Morgan fingerprint density at radius 2 is 1.30 bits per heavy atom. The van der Waals surface area contributed by atoms with Crippen molar-refractivity contribution in [3.63, 3.8) is 0 Å². The van der Waals surface area contributed by atoms with Crippen molar-refractivity contribution in [1.29, 1.82) is 0 Å². The molecule has 0 aliphatic heterocycles. The summed E-state index contributed by atoms with van der Waals surface area (Å²) in [5.74, 6) is 2.63. The average Bonchev–Trinajstić information content (AvgIpc) is 2.80. The largest absolute Gasteiger partial charge is 0.457 e. The third-order valence-corrected chi connectivity index (χ3v) is 4.68. The molecule has 4 heteroatoms. The summed E-state index contributed by atoms with van der Waals surface area (Å²) >= 11 is 0. The number of nitrogens with zero attached hydrogens (tertiary/aromatic N) is 2. The fourth-order valence-electron chi connectivity index (χ4n) is 3.32. The van der Waals surface area contributed by atoms with E-state index >= 15 is 0 Å². The number of hydrogen-bond acceptors (Lipinski definition) is 4. The summed E-state index contributed by atoms with van der Waals surface area (Å²) in [5.41, 5.74) is 1.94. The van der Waals surface area contributed by atoms with Crippen LogP contribution in [0.5, 0.6) is 23.1 Å². The fraction of sp³-hybridized carbons (Fsp3) is 0. The van der Waals surface area contributed by atoms with Gasteiger partial charge in [-0.15, -0.1) is 0 Å². The first-order valence-corrected chi connectivity index (χ1v) is 9.66. The van der Waals surface area contributed by atoms with E-state index in [1.807, 2.05) is 91.1 Å². The summed E-state index contributed by atoms with van der Waals surface area (Å²) < 4.78 is 11.9. The summed E-state index contributed by atoms with van der Waals surface area (Å²) in [6.45, 7) is 0. The molecule has 0 radical (unpaired) electrons. The zero-order chi connectivity index (χ0) is 20.2. The number of rotatable bonds is 5. The van der Waals surface area contributed by atoms with Crippen LogP contribution in [0.4, 0.5) is 0 Å². The quantitative estimate of drug-likeness (QED) is 0.328. The predicted octanol–water partition coefficient (Wildman–Crippen LogP) is 6.88. The SMILES string of the molecule is c1ccc(Oc2cccc(Oc3cccc(-c4nccc5ccccc45)c3)c2)nc1. The lowest BCUT2D eigenvalue weighted by molar-refractivity contribution is 0.449. The topological polar surface area (TPSA) is 44.2 Å². The number of ether oxygens (including phenoxy) is 2. The normalized spacial score (nSPS) is 10.7. The Morgan fingerprint density at radius 3 is 2.17 bits per heavy atom. The monoisotopic (exact) mass is 390 g/mol. The Hall–Kier alpha value is -4.18. The Labute approximate surface area is 174 Å². The van der Waals surface area contributed by atoms with Gasteiger partial charge in [-0.1, -0.05) is 48.5 Å². The summed E-state index contributed by atoms with van der Waals surface area (Å²) in [6.07, 6.45) is 3.53. The van der Waals surface area contributed by atoms with Gasteiger partial charge in [-0.3, -0.25) is 4.98 Å². The molecule has 144 valence electrons. The number of hydrogen-bond donors (Lipinski definition) is 0. The molecule has 0 aliphatic carbocycles. The summed E-state index contributed by atoms with van der Waals surface area (Å²) in [6, 6.07) is 31.3. The van der Waals surface area contributed by atoms with Crippen molar-refractivity contribution >= 4 is 10.8 Å². The Morgan fingerprint density at radius 1 is 0.533 bits per heavy atom. The molecule has 0 bridgehead atoms. The van der Waals surface area contributed by atoms with Crippen LogP contribution in [-0.4, -0.2) is 9.97 Å². The molecule has 0 spiro atoms. The Kier molecular flexibility index (Phi) is 4.80. The van der Waals surface area contributed by atoms with E-state index in [0.717, 1.165) is 27.8 Å². The maximum Gasteiger partial charge on any atom is 0.219 e. The van der Waals surface area contributed by atoms with Crippen LogP contribution >= 0.6 is 0 Å². The second-order valence-corrected chi connectivity index (χ2v) is 6.76. The van der Waals surface area contributed by atoms with E-state index in [4.69, 9.17) is 9.47 Å². The van der Waals surface area contributed by atoms with Crippen LogP contribution in [-0.2, 0) is 0 Å². The third-order valence-electron chi connectivity index (χ3n) is 4.68. The van der Waals surface area contributed by atoms with Gasteiger partial charge in [-0.2, -0.15) is 0 Å². The molecule has 3 aromatic carbocycles. The molecule has 0 amide bonds. The molecule has 0 atom stereocenters. The van der Waals surface area contributed by atoms with E-state index in [9.17, 15) is 0 Å². The number of fused-ring (bicyclic) bond motifs is 1. The standard InChI is InChI=1S/C26H18N2O2/c1-2-12-24-19(7-1)14-16-28-26(24)20-8-5-9-21(17-20)29-22-10-6-11-23(18-22)30-25-13-3-4-15-27-25/h1-18H. The lowest BCUT2D eigenvalue weighted by Gasteiger charge is -2.10. The van der Waals surface area contributed by atoms with Crippen molar-refractivity contribution in [3.8, 4) is 34.4 Å². The van der Waals surface area contributed by atoms with E-state index in [1.54, 1.807) is 6.20 Å². The van der Waals surface area contributed by atoms with E-state index in [2.05, 4.69) is 22.1 Å². The minimum atomic E-state index is 0.540. The molecule has 0 saturated heterocycles. The van der Waals surface area contributed by atoms with Crippen LogP contribution in [0.15, 0.2) is 109 Å². The van der Waals surface area contributed by atoms with Gasteiger partial charge in [0.2, 0.25) is 5.88 Å². The van der Waals surface area contributed by atoms with Gasteiger partial charge in [0.05, 0.1) is 5.69 Å². The first kappa shape index (κ1) is 17.9. The van der Waals surface area contributed by atoms with Crippen molar-refractivity contribution in [3.05, 3.63) is 109 Å².